The summed E-state index contributed by atoms with van der Waals surface area (Å²) in [7, 11) is 1.63. The van der Waals surface area contributed by atoms with Crippen LogP contribution in [-0.4, -0.2) is 24.8 Å². The van der Waals surface area contributed by atoms with Crippen molar-refractivity contribution in [1.29, 1.82) is 0 Å². The van der Waals surface area contributed by atoms with Crippen molar-refractivity contribution >= 4 is 23.4 Å². The van der Waals surface area contributed by atoms with E-state index in [1.807, 2.05) is 0 Å². The Morgan fingerprint density at radius 1 is 0.962 bits per heavy atom. The van der Waals surface area contributed by atoms with Gasteiger partial charge in [0.2, 0.25) is 5.91 Å². The quantitative estimate of drug-likeness (QED) is 0.826. The highest BCUT2D eigenvalue weighted by atomic mass is 19.1. The second kappa shape index (κ2) is 7.35. The highest BCUT2D eigenvalue weighted by Crippen LogP contribution is 2.33. The maximum atomic E-state index is 12.9. The Morgan fingerprint density at radius 3 is 2.23 bits per heavy atom. The molecule has 3 amide bonds. The first-order valence-electron chi connectivity index (χ1n) is 8.20. The Hall–Kier alpha value is -3.22. The van der Waals surface area contributed by atoms with Gasteiger partial charge in [0, 0.05) is 18.5 Å². The molecule has 0 saturated heterocycles. The van der Waals surface area contributed by atoms with E-state index in [-0.39, 0.29) is 23.0 Å². The third-order valence-electron chi connectivity index (χ3n) is 4.16. The first-order chi connectivity index (χ1) is 12.5. The number of halogens is 1. The standard InChI is InChI=1S/C19H18FN3O3/c1-23(19(26)13-6-7-13)16-5-3-2-4-15(16)18(25)22-21-17(24)12-8-10-14(20)11-9-12/h2-5,8-11,13H,6-7H2,1H3,(H,21,24)(H,22,25). The van der Waals surface area contributed by atoms with Gasteiger partial charge in [-0.1, -0.05) is 12.1 Å². The summed E-state index contributed by atoms with van der Waals surface area (Å²) in [5, 5.41) is 0. The highest BCUT2D eigenvalue weighted by Gasteiger charge is 2.33. The smallest absolute Gasteiger partial charge is 0.271 e. The van der Waals surface area contributed by atoms with Gasteiger partial charge in [0.1, 0.15) is 5.82 Å². The third kappa shape index (κ3) is 3.88. The van der Waals surface area contributed by atoms with Gasteiger partial charge in [0.15, 0.2) is 0 Å². The van der Waals surface area contributed by atoms with E-state index in [1.165, 1.54) is 17.0 Å². The zero-order chi connectivity index (χ0) is 18.7. The minimum Gasteiger partial charge on any atom is -0.314 e. The van der Waals surface area contributed by atoms with Crippen LogP contribution in [0.2, 0.25) is 0 Å². The molecule has 0 atom stereocenters. The molecule has 2 aromatic rings. The molecule has 0 radical (unpaired) electrons. The van der Waals surface area contributed by atoms with E-state index in [0.717, 1.165) is 25.0 Å². The van der Waals surface area contributed by atoms with Crippen LogP contribution in [0.4, 0.5) is 10.1 Å². The van der Waals surface area contributed by atoms with Gasteiger partial charge in [-0.25, -0.2) is 4.39 Å². The summed E-state index contributed by atoms with van der Waals surface area (Å²) in [6.45, 7) is 0. The van der Waals surface area contributed by atoms with Crippen molar-refractivity contribution in [3.8, 4) is 0 Å². The predicted molar refractivity (Wildman–Crippen MR) is 93.9 cm³/mol. The molecule has 1 aliphatic carbocycles. The molecule has 2 N–H and O–H groups in total. The number of carbonyl (C=O) groups is 3. The Balaban J connectivity index is 1.69. The molecule has 2 aromatic carbocycles. The topological polar surface area (TPSA) is 78.5 Å². The first-order valence-corrected chi connectivity index (χ1v) is 8.20. The van der Waals surface area contributed by atoms with Crippen molar-refractivity contribution in [2.45, 2.75) is 12.8 Å². The van der Waals surface area contributed by atoms with Crippen LogP contribution in [0.15, 0.2) is 48.5 Å². The summed E-state index contributed by atoms with van der Waals surface area (Å²) < 4.78 is 12.9. The average molecular weight is 355 g/mol. The second-order valence-electron chi connectivity index (χ2n) is 6.10. The molecule has 1 saturated carbocycles. The Kier molecular flexibility index (Phi) is 4.97. The normalized spacial score (nSPS) is 13.0. The van der Waals surface area contributed by atoms with E-state index in [1.54, 1.807) is 31.3 Å². The minimum absolute atomic E-state index is 0.0225. The number of para-hydroxylation sites is 1. The monoisotopic (exact) mass is 355 g/mol. The lowest BCUT2D eigenvalue weighted by Crippen LogP contribution is -2.42. The van der Waals surface area contributed by atoms with E-state index in [2.05, 4.69) is 10.9 Å². The summed E-state index contributed by atoms with van der Waals surface area (Å²) >= 11 is 0. The van der Waals surface area contributed by atoms with Gasteiger partial charge in [-0.15, -0.1) is 0 Å². The molecule has 1 fully saturated rings. The van der Waals surface area contributed by atoms with Gasteiger partial charge in [0.25, 0.3) is 11.8 Å². The zero-order valence-electron chi connectivity index (χ0n) is 14.2. The van der Waals surface area contributed by atoms with E-state index in [4.69, 9.17) is 0 Å². The number of rotatable bonds is 4. The predicted octanol–water partition coefficient (Wildman–Crippen LogP) is 2.27. The summed E-state index contributed by atoms with van der Waals surface area (Å²) in [5.74, 6) is -1.58. The fourth-order valence-electron chi connectivity index (χ4n) is 2.54. The molecular weight excluding hydrogens is 337 g/mol. The largest absolute Gasteiger partial charge is 0.314 e. The number of hydrazine groups is 1. The number of hydrogen-bond acceptors (Lipinski definition) is 3. The number of amides is 3. The Bertz CT molecular complexity index is 847. The second-order valence-corrected chi connectivity index (χ2v) is 6.10. The first kappa shape index (κ1) is 17.6. The molecule has 0 bridgehead atoms. The van der Waals surface area contributed by atoms with Crippen molar-refractivity contribution in [2.75, 3.05) is 11.9 Å². The number of anilines is 1. The summed E-state index contributed by atoms with van der Waals surface area (Å²) in [6, 6.07) is 11.6. The zero-order valence-corrected chi connectivity index (χ0v) is 14.2. The number of hydrogen-bond donors (Lipinski definition) is 2. The van der Waals surface area contributed by atoms with E-state index in [0.29, 0.717) is 5.69 Å². The van der Waals surface area contributed by atoms with Crippen LogP contribution in [0, 0.1) is 11.7 Å². The molecule has 1 aliphatic rings. The molecule has 0 unspecified atom stereocenters. The molecule has 6 nitrogen and oxygen atoms in total. The van der Waals surface area contributed by atoms with Gasteiger partial charge < -0.3 is 4.90 Å². The SMILES string of the molecule is CN(C(=O)C1CC1)c1ccccc1C(=O)NNC(=O)c1ccc(F)cc1. The summed E-state index contributed by atoms with van der Waals surface area (Å²) in [4.78, 5) is 38.2. The molecule has 0 aromatic heterocycles. The van der Waals surface area contributed by atoms with E-state index in [9.17, 15) is 18.8 Å². The Labute approximate surface area is 150 Å². The van der Waals surface area contributed by atoms with Crippen LogP contribution in [0.5, 0.6) is 0 Å². The van der Waals surface area contributed by atoms with Gasteiger partial charge >= 0.3 is 0 Å². The maximum absolute atomic E-state index is 12.9. The molecule has 7 heteroatoms. The molecule has 0 aliphatic heterocycles. The van der Waals surface area contributed by atoms with E-state index < -0.39 is 17.6 Å². The third-order valence-corrected chi connectivity index (χ3v) is 4.16. The molecule has 26 heavy (non-hydrogen) atoms. The minimum atomic E-state index is -0.571. The number of nitrogens with zero attached hydrogens (tertiary/aromatic N) is 1. The lowest BCUT2D eigenvalue weighted by atomic mass is 10.1. The van der Waals surface area contributed by atoms with Crippen LogP contribution in [-0.2, 0) is 4.79 Å². The summed E-state index contributed by atoms with van der Waals surface area (Å²) in [5.41, 5.74) is 5.55. The summed E-state index contributed by atoms with van der Waals surface area (Å²) in [6.07, 6.45) is 1.73. The van der Waals surface area contributed by atoms with Crippen molar-refractivity contribution in [3.05, 3.63) is 65.5 Å². The molecule has 0 spiro atoms. The van der Waals surface area contributed by atoms with Crippen LogP contribution in [0.1, 0.15) is 33.6 Å². The molecule has 3 rings (SSSR count). The van der Waals surface area contributed by atoms with Gasteiger partial charge in [-0.05, 0) is 49.2 Å². The number of carbonyl (C=O) groups excluding carboxylic acids is 3. The fourth-order valence-corrected chi connectivity index (χ4v) is 2.54. The fraction of sp³-hybridized carbons (Fsp3) is 0.211. The van der Waals surface area contributed by atoms with E-state index >= 15 is 0 Å². The van der Waals surface area contributed by atoms with Gasteiger partial charge in [-0.3, -0.25) is 25.2 Å². The van der Waals surface area contributed by atoms with Gasteiger partial charge in [0.05, 0.1) is 11.3 Å². The maximum Gasteiger partial charge on any atom is 0.271 e. The lowest BCUT2D eigenvalue weighted by Gasteiger charge is -2.20. The molecule has 0 heterocycles. The Morgan fingerprint density at radius 2 is 1.58 bits per heavy atom. The van der Waals surface area contributed by atoms with Crippen molar-refractivity contribution in [3.63, 3.8) is 0 Å². The van der Waals surface area contributed by atoms with Crippen LogP contribution in [0.3, 0.4) is 0 Å². The van der Waals surface area contributed by atoms with Crippen molar-refractivity contribution in [1.82, 2.24) is 10.9 Å². The highest BCUT2D eigenvalue weighted by molar-refractivity contribution is 6.06. The van der Waals surface area contributed by atoms with Crippen LogP contribution < -0.4 is 15.8 Å². The van der Waals surface area contributed by atoms with Crippen LogP contribution in [0.25, 0.3) is 0 Å². The average Bonchev–Trinajstić information content (AvgIpc) is 3.50. The van der Waals surface area contributed by atoms with Crippen LogP contribution >= 0.6 is 0 Å². The molecule has 134 valence electrons. The molecular formula is C19H18FN3O3. The van der Waals surface area contributed by atoms with Crippen molar-refractivity contribution in [2.24, 2.45) is 5.92 Å². The lowest BCUT2D eigenvalue weighted by molar-refractivity contribution is -0.119. The van der Waals surface area contributed by atoms with Gasteiger partial charge in [-0.2, -0.15) is 0 Å². The van der Waals surface area contributed by atoms with Crippen molar-refractivity contribution < 1.29 is 18.8 Å². The number of benzene rings is 2. The number of nitrogens with one attached hydrogen (secondary N) is 2.